The summed E-state index contributed by atoms with van der Waals surface area (Å²) in [5.41, 5.74) is 1.53. The van der Waals surface area contributed by atoms with Gasteiger partial charge in [-0.3, -0.25) is 14.7 Å². The molecule has 0 atom stereocenters. The molecule has 0 aliphatic heterocycles. The zero-order valence-electron chi connectivity index (χ0n) is 12.1. The minimum absolute atomic E-state index is 0.00219. The molecule has 0 aliphatic carbocycles. The van der Waals surface area contributed by atoms with Crippen LogP contribution in [0.1, 0.15) is 5.56 Å². The van der Waals surface area contributed by atoms with Crippen LogP contribution in [0.2, 0.25) is 5.02 Å². The van der Waals surface area contributed by atoms with Crippen LogP contribution in [-0.4, -0.2) is 15.7 Å². The number of carbonyl (C=O) groups excluding carboxylic acids is 1. The molecular formula is C17H14ClN3O2. The van der Waals surface area contributed by atoms with Gasteiger partial charge in [-0.05, 0) is 36.4 Å². The second-order valence-electron chi connectivity index (χ2n) is 5.01. The number of amides is 1. The van der Waals surface area contributed by atoms with E-state index < -0.39 is 0 Å². The molecule has 2 N–H and O–H groups in total. The van der Waals surface area contributed by atoms with Crippen LogP contribution >= 0.6 is 11.6 Å². The average molecular weight is 328 g/mol. The summed E-state index contributed by atoms with van der Waals surface area (Å²) in [7, 11) is 0. The number of aromatic nitrogens is 2. The molecule has 0 saturated carbocycles. The van der Waals surface area contributed by atoms with Gasteiger partial charge in [0.1, 0.15) is 0 Å². The highest BCUT2D eigenvalue weighted by atomic mass is 35.5. The van der Waals surface area contributed by atoms with Crippen molar-refractivity contribution in [1.29, 1.82) is 0 Å². The van der Waals surface area contributed by atoms with Crippen molar-refractivity contribution in [3.63, 3.8) is 0 Å². The molecule has 1 amide bonds. The van der Waals surface area contributed by atoms with Crippen molar-refractivity contribution in [3.05, 3.63) is 81.7 Å². The van der Waals surface area contributed by atoms with Gasteiger partial charge in [-0.2, -0.15) is 0 Å². The van der Waals surface area contributed by atoms with Gasteiger partial charge in [-0.1, -0.05) is 29.8 Å². The zero-order valence-corrected chi connectivity index (χ0v) is 12.9. The Labute approximate surface area is 137 Å². The second kappa shape index (κ2) is 6.54. The van der Waals surface area contributed by atoms with Gasteiger partial charge >= 0.3 is 0 Å². The van der Waals surface area contributed by atoms with E-state index in [1.165, 1.54) is 4.68 Å². The summed E-state index contributed by atoms with van der Waals surface area (Å²) in [6, 6.07) is 16.0. The number of rotatable bonds is 4. The third kappa shape index (κ3) is 3.52. The molecule has 0 bridgehead atoms. The summed E-state index contributed by atoms with van der Waals surface area (Å²) < 4.78 is 1.41. The van der Waals surface area contributed by atoms with E-state index >= 15 is 0 Å². The number of hydrogen-bond acceptors (Lipinski definition) is 2. The molecule has 0 aliphatic rings. The van der Waals surface area contributed by atoms with Crippen molar-refractivity contribution in [2.75, 3.05) is 5.32 Å². The Morgan fingerprint density at radius 2 is 1.78 bits per heavy atom. The van der Waals surface area contributed by atoms with Crippen LogP contribution in [0.15, 0.2) is 65.6 Å². The first-order valence-electron chi connectivity index (χ1n) is 7.03. The molecule has 0 spiro atoms. The first kappa shape index (κ1) is 15.1. The molecule has 3 aromatic rings. The number of nitrogens with zero attached hydrogens (tertiary/aromatic N) is 1. The van der Waals surface area contributed by atoms with E-state index in [1.54, 1.807) is 30.5 Å². The van der Waals surface area contributed by atoms with Crippen molar-refractivity contribution >= 4 is 23.2 Å². The molecule has 1 aromatic heterocycles. The topological polar surface area (TPSA) is 66.9 Å². The fourth-order valence-corrected chi connectivity index (χ4v) is 2.34. The molecule has 0 fully saturated rings. The smallest absolute Gasteiger partial charge is 0.274 e. The number of nitrogens with one attached hydrogen (secondary N) is 2. The van der Waals surface area contributed by atoms with Crippen molar-refractivity contribution < 1.29 is 4.79 Å². The van der Waals surface area contributed by atoms with Crippen LogP contribution in [0.4, 0.5) is 5.69 Å². The standard InChI is InChI=1S/C17H14ClN3O2/c18-13-6-8-14(9-7-13)20-16(22)10-12-11-19-21(17(12)23)15-4-2-1-3-5-15/h1-9,11,19H,10H2,(H,20,22). The molecule has 0 radical (unpaired) electrons. The third-order valence-electron chi connectivity index (χ3n) is 3.34. The SMILES string of the molecule is O=C(Cc1c[nH]n(-c2ccccc2)c1=O)Nc1ccc(Cl)cc1. The number of H-pyrrole nitrogens is 1. The van der Waals surface area contributed by atoms with E-state index in [4.69, 9.17) is 11.6 Å². The maximum absolute atomic E-state index is 12.3. The Morgan fingerprint density at radius 3 is 2.48 bits per heavy atom. The molecular weight excluding hydrogens is 314 g/mol. The van der Waals surface area contributed by atoms with E-state index in [0.717, 1.165) is 5.69 Å². The number of para-hydroxylation sites is 1. The molecule has 2 aromatic carbocycles. The normalized spacial score (nSPS) is 10.5. The van der Waals surface area contributed by atoms with Crippen LogP contribution < -0.4 is 10.9 Å². The average Bonchev–Trinajstić information content (AvgIpc) is 2.91. The van der Waals surface area contributed by atoms with Crippen LogP contribution in [0.5, 0.6) is 0 Å². The van der Waals surface area contributed by atoms with Gasteiger partial charge in [0.25, 0.3) is 5.56 Å². The van der Waals surface area contributed by atoms with Crippen molar-refractivity contribution in [2.24, 2.45) is 0 Å². The van der Waals surface area contributed by atoms with Gasteiger partial charge in [0, 0.05) is 22.5 Å². The number of anilines is 1. The van der Waals surface area contributed by atoms with E-state index in [-0.39, 0.29) is 17.9 Å². The van der Waals surface area contributed by atoms with Gasteiger partial charge in [0.2, 0.25) is 5.91 Å². The predicted octanol–water partition coefficient (Wildman–Crippen LogP) is 3.00. The number of carbonyl (C=O) groups is 1. The fraction of sp³-hybridized carbons (Fsp3) is 0.0588. The Bertz CT molecular complexity index is 867. The van der Waals surface area contributed by atoms with Crippen molar-refractivity contribution in [3.8, 4) is 5.69 Å². The van der Waals surface area contributed by atoms with E-state index in [2.05, 4.69) is 10.4 Å². The molecule has 0 saturated heterocycles. The Morgan fingerprint density at radius 1 is 1.09 bits per heavy atom. The number of halogens is 1. The Hall–Kier alpha value is -2.79. The molecule has 0 unspecified atom stereocenters. The number of benzene rings is 2. The van der Waals surface area contributed by atoms with Gasteiger partial charge in [-0.15, -0.1) is 0 Å². The largest absolute Gasteiger partial charge is 0.326 e. The maximum atomic E-state index is 12.3. The summed E-state index contributed by atoms with van der Waals surface area (Å²) in [6.07, 6.45) is 1.55. The summed E-state index contributed by atoms with van der Waals surface area (Å²) in [5.74, 6) is -0.261. The first-order chi connectivity index (χ1) is 11.1. The molecule has 3 rings (SSSR count). The van der Waals surface area contributed by atoms with Crippen molar-refractivity contribution in [2.45, 2.75) is 6.42 Å². The lowest BCUT2D eigenvalue weighted by Crippen LogP contribution is -2.22. The lowest BCUT2D eigenvalue weighted by Gasteiger charge is -2.03. The van der Waals surface area contributed by atoms with Crippen LogP contribution in [0.3, 0.4) is 0 Å². The molecule has 116 valence electrons. The van der Waals surface area contributed by atoms with Gasteiger partial charge < -0.3 is 5.32 Å². The summed E-state index contributed by atoms with van der Waals surface area (Å²) in [6.45, 7) is 0. The monoisotopic (exact) mass is 327 g/mol. The number of hydrogen-bond donors (Lipinski definition) is 2. The van der Waals surface area contributed by atoms with Gasteiger partial charge in [0.05, 0.1) is 12.1 Å². The number of aromatic amines is 1. The maximum Gasteiger partial charge on any atom is 0.274 e. The first-order valence-corrected chi connectivity index (χ1v) is 7.41. The quantitative estimate of drug-likeness (QED) is 0.773. The highest BCUT2D eigenvalue weighted by Gasteiger charge is 2.12. The molecule has 6 heteroatoms. The van der Waals surface area contributed by atoms with Crippen LogP contribution in [-0.2, 0) is 11.2 Å². The zero-order chi connectivity index (χ0) is 16.2. The fourth-order valence-electron chi connectivity index (χ4n) is 2.21. The van der Waals surface area contributed by atoms with E-state index in [0.29, 0.717) is 16.3 Å². The van der Waals surface area contributed by atoms with E-state index in [9.17, 15) is 9.59 Å². The Kier molecular flexibility index (Phi) is 4.30. The Balaban J connectivity index is 1.73. The highest BCUT2D eigenvalue weighted by molar-refractivity contribution is 6.30. The highest BCUT2D eigenvalue weighted by Crippen LogP contribution is 2.13. The molecule has 23 heavy (non-hydrogen) atoms. The lowest BCUT2D eigenvalue weighted by molar-refractivity contribution is -0.115. The third-order valence-corrected chi connectivity index (χ3v) is 3.59. The minimum Gasteiger partial charge on any atom is -0.326 e. The molecule has 1 heterocycles. The summed E-state index contributed by atoms with van der Waals surface area (Å²) in [4.78, 5) is 24.4. The van der Waals surface area contributed by atoms with Crippen molar-refractivity contribution in [1.82, 2.24) is 9.78 Å². The van der Waals surface area contributed by atoms with Crippen LogP contribution in [0, 0.1) is 0 Å². The van der Waals surface area contributed by atoms with Crippen LogP contribution in [0.25, 0.3) is 5.69 Å². The van der Waals surface area contributed by atoms with E-state index in [1.807, 2.05) is 30.3 Å². The lowest BCUT2D eigenvalue weighted by atomic mass is 10.2. The van der Waals surface area contributed by atoms with Gasteiger partial charge in [0.15, 0.2) is 0 Å². The summed E-state index contributed by atoms with van der Waals surface area (Å²) >= 11 is 5.80. The predicted molar refractivity (Wildman–Crippen MR) is 90.2 cm³/mol. The van der Waals surface area contributed by atoms with Gasteiger partial charge in [-0.25, -0.2) is 4.68 Å². The summed E-state index contributed by atoms with van der Waals surface area (Å²) in [5, 5.41) is 6.20. The molecule has 5 nitrogen and oxygen atoms in total. The minimum atomic E-state index is -0.261. The second-order valence-corrected chi connectivity index (χ2v) is 5.44.